The topological polar surface area (TPSA) is 76.3 Å². The van der Waals surface area contributed by atoms with Crippen molar-refractivity contribution in [2.45, 2.75) is 30.6 Å². The Balaban J connectivity index is 2.22. The van der Waals surface area contributed by atoms with Crippen LogP contribution in [0.3, 0.4) is 0 Å². The average Bonchev–Trinajstić information content (AvgIpc) is 2.85. The molecular weight excluding hydrogens is 270 g/mol. The number of nitrogens with zero attached hydrogens (tertiary/aromatic N) is 2. The molecule has 1 saturated carbocycles. The van der Waals surface area contributed by atoms with E-state index >= 15 is 0 Å². The molecule has 0 atom stereocenters. The minimum atomic E-state index is -3.32. The van der Waals surface area contributed by atoms with Crippen molar-refractivity contribution in [1.29, 1.82) is 0 Å². The van der Waals surface area contributed by atoms with Gasteiger partial charge in [-0.25, -0.2) is 8.42 Å². The Morgan fingerprint density at radius 2 is 2.06 bits per heavy atom. The summed E-state index contributed by atoms with van der Waals surface area (Å²) in [5, 5.41) is 0.668. The highest BCUT2D eigenvalue weighted by Crippen LogP contribution is 2.35. The SMILES string of the molecule is CN(CC1CCCC1)c1snc(N)c1S(C)(=O)=O. The second kappa shape index (κ2) is 5.05. The molecule has 0 aliphatic heterocycles. The van der Waals surface area contributed by atoms with Gasteiger partial charge in [0, 0.05) is 19.8 Å². The third-order valence-corrected chi connectivity index (χ3v) is 5.63. The molecule has 1 heterocycles. The zero-order valence-electron chi connectivity index (χ0n) is 10.7. The van der Waals surface area contributed by atoms with Crippen molar-refractivity contribution in [1.82, 2.24) is 4.37 Å². The molecule has 1 fully saturated rings. The lowest BCUT2D eigenvalue weighted by Gasteiger charge is -2.21. The largest absolute Gasteiger partial charge is 0.382 e. The van der Waals surface area contributed by atoms with Gasteiger partial charge in [0.15, 0.2) is 15.7 Å². The van der Waals surface area contributed by atoms with E-state index in [-0.39, 0.29) is 10.7 Å². The van der Waals surface area contributed by atoms with Crippen LogP contribution in [0.1, 0.15) is 25.7 Å². The van der Waals surface area contributed by atoms with Gasteiger partial charge in [-0.15, -0.1) is 0 Å². The summed E-state index contributed by atoms with van der Waals surface area (Å²) < 4.78 is 27.5. The van der Waals surface area contributed by atoms with Crippen LogP contribution >= 0.6 is 11.5 Å². The van der Waals surface area contributed by atoms with Crippen LogP contribution in [0.4, 0.5) is 10.8 Å². The van der Waals surface area contributed by atoms with Gasteiger partial charge in [0.2, 0.25) is 0 Å². The molecular formula is C11H19N3O2S2. The summed E-state index contributed by atoms with van der Waals surface area (Å²) >= 11 is 1.17. The average molecular weight is 289 g/mol. The molecule has 1 aromatic heterocycles. The Kier molecular flexibility index (Phi) is 3.82. The highest BCUT2D eigenvalue weighted by Gasteiger charge is 2.25. The van der Waals surface area contributed by atoms with Gasteiger partial charge in [-0.05, 0) is 30.3 Å². The summed E-state index contributed by atoms with van der Waals surface area (Å²) in [6.45, 7) is 0.879. The van der Waals surface area contributed by atoms with Crippen LogP contribution in [-0.4, -0.2) is 32.6 Å². The van der Waals surface area contributed by atoms with E-state index < -0.39 is 9.84 Å². The fourth-order valence-corrected chi connectivity index (χ4v) is 4.74. The Hall–Kier alpha value is -0.820. The quantitative estimate of drug-likeness (QED) is 0.914. The predicted octanol–water partition coefficient (Wildman–Crippen LogP) is 1.76. The van der Waals surface area contributed by atoms with Crippen molar-refractivity contribution in [3.05, 3.63) is 0 Å². The van der Waals surface area contributed by atoms with Gasteiger partial charge in [0.05, 0.1) is 0 Å². The molecule has 7 heteroatoms. The highest BCUT2D eigenvalue weighted by atomic mass is 32.2. The summed E-state index contributed by atoms with van der Waals surface area (Å²) in [6, 6.07) is 0. The zero-order valence-corrected chi connectivity index (χ0v) is 12.4. The van der Waals surface area contributed by atoms with Crippen molar-refractivity contribution in [2.24, 2.45) is 5.92 Å². The van der Waals surface area contributed by atoms with E-state index in [2.05, 4.69) is 4.37 Å². The van der Waals surface area contributed by atoms with Crippen LogP contribution in [0.2, 0.25) is 0 Å². The summed E-state index contributed by atoms with van der Waals surface area (Å²) in [5.41, 5.74) is 5.67. The first-order valence-corrected chi connectivity index (χ1v) is 8.72. The highest BCUT2D eigenvalue weighted by molar-refractivity contribution is 7.91. The molecule has 0 unspecified atom stereocenters. The van der Waals surface area contributed by atoms with Crippen molar-refractivity contribution >= 4 is 32.2 Å². The van der Waals surface area contributed by atoms with Crippen LogP contribution in [0.5, 0.6) is 0 Å². The molecule has 5 nitrogen and oxygen atoms in total. The number of hydrogen-bond acceptors (Lipinski definition) is 6. The fourth-order valence-electron chi connectivity index (χ4n) is 2.54. The minimum Gasteiger partial charge on any atom is -0.382 e. The second-order valence-corrected chi connectivity index (χ2v) is 7.71. The van der Waals surface area contributed by atoms with E-state index in [1.54, 1.807) is 0 Å². The molecule has 1 aliphatic rings. The van der Waals surface area contributed by atoms with E-state index in [9.17, 15) is 8.42 Å². The molecule has 1 aliphatic carbocycles. The van der Waals surface area contributed by atoms with E-state index in [1.165, 1.54) is 43.5 Å². The Morgan fingerprint density at radius 3 is 2.61 bits per heavy atom. The van der Waals surface area contributed by atoms with Crippen molar-refractivity contribution < 1.29 is 8.42 Å². The van der Waals surface area contributed by atoms with Crippen LogP contribution in [0.15, 0.2) is 4.90 Å². The number of sulfone groups is 1. The van der Waals surface area contributed by atoms with Crippen molar-refractivity contribution in [3.63, 3.8) is 0 Å². The molecule has 0 saturated heterocycles. The standard InChI is InChI=1S/C11H19N3O2S2/c1-14(7-8-5-3-4-6-8)11-9(18(2,15)16)10(12)13-17-11/h8H,3-7H2,1-2H3,(H2,12,13). The Labute approximate surface area is 112 Å². The van der Waals surface area contributed by atoms with Crippen LogP contribution in [-0.2, 0) is 9.84 Å². The maximum atomic E-state index is 11.7. The molecule has 0 bridgehead atoms. The Bertz CT molecular complexity index is 518. The first-order chi connectivity index (χ1) is 8.39. The Morgan fingerprint density at radius 1 is 1.44 bits per heavy atom. The number of aromatic nitrogens is 1. The summed E-state index contributed by atoms with van der Waals surface area (Å²) in [6.07, 6.45) is 6.20. The second-order valence-electron chi connectivity index (χ2n) is 5.01. The number of nitrogen functional groups attached to an aromatic ring is 1. The summed E-state index contributed by atoms with van der Waals surface area (Å²) in [4.78, 5) is 2.17. The number of rotatable bonds is 4. The molecule has 2 N–H and O–H groups in total. The molecule has 2 rings (SSSR count). The van der Waals surface area contributed by atoms with E-state index in [0.717, 1.165) is 6.54 Å². The van der Waals surface area contributed by atoms with E-state index in [4.69, 9.17) is 5.73 Å². The fraction of sp³-hybridized carbons (Fsp3) is 0.727. The van der Waals surface area contributed by atoms with Gasteiger partial charge < -0.3 is 10.6 Å². The van der Waals surface area contributed by atoms with E-state index in [1.807, 2.05) is 11.9 Å². The van der Waals surface area contributed by atoms with E-state index in [0.29, 0.717) is 10.9 Å². The maximum absolute atomic E-state index is 11.7. The lowest BCUT2D eigenvalue weighted by atomic mass is 10.1. The number of anilines is 2. The van der Waals surface area contributed by atoms with Gasteiger partial charge in [-0.1, -0.05) is 12.8 Å². The van der Waals surface area contributed by atoms with Gasteiger partial charge in [-0.2, -0.15) is 4.37 Å². The minimum absolute atomic E-state index is 0.121. The lowest BCUT2D eigenvalue weighted by Crippen LogP contribution is -2.24. The first kappa shape index (κ1) is 13.6. The number of nitrogens with two attached hydrogens (primary N) is 1. The molecule has 18 heavy (non-hydrogen) atoms. The maximum Gasteiger partial charge on any atom is 0.182 e. The van der Waals surface area contributed by atoms with Crippen LogP contribution < -0.4 is 10.6 Å². The lowest BCUT2D eigenvalue weighted by molar-refractivity contribution is 0.546. The van der Waals surface area contributed by atoms with Gasteiger partial charge >= 0.3 is 0 Å². The van der Waals surface area contributed by atoms with Crippen LogP contribution in [0, 0.1) is 5.92 Å². The molecule has 0 radical (unpaired) electrons. The zero-order chi connectivity index (χ0) is 13.3. The molecule has 1 aromatic rings. The molecule has 0 spiro atoms. The van der Waals surface area contributed by atoms with Gasteiger partial charge in [-0.3, -0.25) is 0 Å². The first-order valence-electron chi connectivity index (χ1n) is 6.06. The molecule has 0 amide bonds. The molecule has 0 aromatic carbocycles. The molecule has 102 valence electrons. The van der Waals surface area contributed by atoms with Crippen LogP contribution in [0.25, 0.3) is 0 Å². The third-order valence-electron chi connectivity index (χ3n) is 3.38. The monoisotopic (exact) mass is 289 g/mol. The number of hydrogen-bond donors (Lipinski definition) is 1. The third kappa shape index (κ3) is 2.77. The summed E-state index contributed by atoms with van der Waals surface area (Å²) in [7, 11) is -1.40. The predicted molar refractivity (Wildman–Crippen MR) is 74.9 cm³/mol. The smallest absolute Gasteiger partial charge is 0.182 e. The van der Waals surface area contributed by atoms with Gasteiger partial charge in [0.1, 0.15) is 9.90 Å². The van der Waals surface area contributed by atoms with Crippen molar-refractivity contribution in [3.8, 4) is 0 Å². The summed E-state index contributed by atoms with van der Waals surface area (Å²) in [5.74, 6) is 0.779. The normalized spacial score (nSPS) is 17.2. The van der Waals surface area contributed by atoms with Gasteiger partial charge in [0.25, 0.3) is 0 Å². The van der Waals surface area contributed by atoms with Crippen molar-refractivity contribution in [2.75, 3.05) is 30.5 Å².